The molecule has 0 aliphatic carbocycles. The first-order valence-electron chi connectivity index (χ1n) is 14.1. The zero-order valence-electron chi connectivity index (χ0n) is 26.1. The number of nitrogens with zero attached hydrogens (tertiary/aromatic N) is 4. The van der Waals surface area contributed by atoms with Gasteiger partial charge in [0, 0.05) is 11.8 Å². The summed E-state index contributed by atoms with van der Waals surface area (Å²) in [6.45, 7) is 6.38. The minimum atomic E-state index is -3.47. The highest BCUT2D eigenvalue weighted by molar-refractivity contribution is 7.90. The first-order chi connectivity index (χ1) is 21.6. The van der Waals surface area contributed by atoms with Gasteiger partial charge in [0.05, 0.1) is 29.7 Å². The van der Waals surface area contributed by atoms with Gasteiger partial charge in [-0.2, -0.15) is 0 Å². The molecule has 2 aromatic heterocycles. The molecule has 2 heterocycles. The summed E-state index contributed by atoms with van der Waals surface area (Å²) in [7, 11) is -2.33. The van der Waals surface area contributed by atoms with E-state index >= 15 is 0 Å². The molecule has 0 spiro atoms. The molecule has 4 aromatic rings. The topological polar surface area (TPSA) is 192 Å². The largest absolute Gasteiger partial charge is 0.453 e. The Kier molecular flexibility index (Phi) is 9.85. The maximum Gasteiger partial charge on any atom is 0.411 e. The molecule has 0 saturated heterocycles. The number of Topliss-reactive ketones (excluding diaryl/α,β-unsaturated/α-hetero) is 1. The molecule has 14 nitrogen and oxygen atoms in total. The van der Waals surface area contributed by atoms with Crippen LogP contribution in [0.4, 0.5) is 10.5 Å². The summed E-state index contributed by atoms with van der Waals surface area (Å²) in [6, 6.07) is 13.9. The lowest BCUT2D eigenvalue weighted by atomic mass is 9.84. The van der Waals surface area contributed by atoms with Gasteiger partial charge in [-0.1, -0.05) is 56.3 Å². The van der Waals surface area contributed by atoms with E-state index in [4.69, 9.17) is 4.42 Å². The molecule has 46 heavy (non-hydrogen) atoms. The van der Waals surface area contributed by atoms with Crippen LogP contribution in [0, 0.1) is 5.92 Å². The maximum atomic E-state index is 13.6. The minimum absolute atomic E-state index is 0.0652. The number of carbonyl (C=O) groups is 3. The summed E-state index contributed by atoms with van der Waals surface area (Å²) >= 11 is 0. The predicted octanol–water partition coefficient (Wildman–Crippen LogP) is 3.22. The standard InChI is InChI=1S/C31H34N6O8S/c1-18(2)24(25(39)27-35-36-29(45-27)31(3,4)20-13-10-14-21(15-20)46(6,42)43)34-23(38)17-37-26(19-11-8-7-9-12-19)32-16-22(28(37)40)33-30(41)44-5/h7-16,18,24H,17H2,1-6H3,(H,33,41)(H,34,38)/t24-/m1/s1. The molecule has 2 aromatic carbocycles. The lowest BCUT2D eigenvalue weighted by molar-refractivity contribution is -0.122. The van der Waals surface area contributed by atoms with E-state index in [9.17, 15) is 27.6 Å². The number of methoxy groups -OCH3 is 1. The van der Waals surface area contributed by atoms with Crippen LogP contribution in [0.3, 0.4) is 0 Å². The van der Waals surface area contributed by atoms with Gasteiger partial charge in [-0.25, -0.2) is 18.2 Å². The number of ketones is 1. The number of benzene rings is 2. The van der Waals surface area contributed by atoms with E-state index in [1.807, 2.05) is 0 Å². The number of ether oxygens (including phenoxy) is 1. The van der Waals surface area contributed by atoms with Crippen LogP contribution in [0.15, 0.2) is 74.9 Å². The van der Waals surface area contributed by atoms with Crippen molar-refractivity contribution in [3.63, 3.8) is 0 Å². The number of aromatic nitrogens is 4. The summed E-state index contributed by atoms with van der Waals surface area (Å²) in [5.74, 6) is -1.90. The first-order valence-corrected chi connectivity index (χ1v) is 16.0. The van der Waals surface area contributed by atoms with Gasteiger partial charge >= 0.3 is 6.09 Å². The average molecular weight is 651 g/mol. The van der Waals surface area contributed by atoms with Gasteiger partial charge in [0.2, 0.25) is 17.6 Å². The van der Waals surface area contributed by atoms with E-state index < -0.39 is 57.1 Å². The van der Waals surface area contributed by atoms with E-state index in [2.05, 4.69) is 30.6 Å². The molecule has 4 rings (SSSR count). The Hall–Kier alpha value is -5.18. The Morgan fingerprint density at radius 3 is 2.37 bits per heavy atom. The van der Waals surface area contributed by atoms with E-state index in [0.29, 0.717) is 11.1 Å². The van der Waals surface area contributed by atoms with E-state index in [0.717, 1.165) is 17.9 Å². The Morgan fingerprint density at radius 2 is 1.74 bits per heavy atom. The highest BCUT2D eigenvalue weighted by Gasteiger charge is 2.34. The van der Waals surface area contributed by atoms with Gasteiger partial charge in [-0.3, -0.25) is 24.3 Å². The van der Waals surface area contributed by atoms with Crippen LogP contribution in [0.5, 0.6) is 0 Å². The van der Waals surface area contributed by atoms with Gasteiger partial charge in [0.25, 0.3) is 11.4 Å². The molecule has 0 aliphatic heterocycles. The molecule has 0 fully saturated rings. The number of hydrogen-bond donors (Lipinski definition) is 2. The summed E-state index contributed by atoms with van der Waals surface area (Å²) < 4.78 is 35.6. The lowest BCUT2D eigenvalue weighted by Gasteiger charge is -2.22. The van der Waals surface area contributed by atoms with Crippen LogP contribution in [0.1, 0.15) is 49.8 Å². The zero-order chi connectivity index (χ0) is 33.8. The maximum absolute atomic E-state index is 13.6. The quantitative estimate of drug-likeness (QED) is 0.227. The molecule has 0 aliphatic rings. The molecule has 0 bridgehead atoms. The summed E-state index contributed by atoms with van der Waals surface area (Å²) in [6.07, 6.45) is 1.38. The molecule has 2 N–H and O–H groups in total. The fourth-order valence-electron chi connectivity index (χ4n) is 4.55. The number of carbonyl (C=O) groups excluding carboxylic acids is 3. The van der Waals surface area contributed by atoms with Gasteiger partial charge in [0.1, 0.15) is 18.1 Å². The van der Waals surface area contributed by atoms with Crippen molar-refractivity contribution < 1.29 is 32.0 Å². The normalized spacial score (nSPS) is 12.4. The molecule has 15 heteroatoms. The van der Waals surface area contributed by atoms with Crippen LogP contribution in [0.2, 0.25) is 0 Å². The van der Waals surface area contributed by atoms with Crippen LogP contribution in [-0.2, 0) is 31.3 Å². The molecular formula is C31H34N6O8S. The van der Waals surface area contributed by atoms with Crippen molar-refractivity contribution in [1.82, 2.24) is 25.1 Å². The minimum Gasteiger partial charge on any atom is -0.453 e. The van der Waals surface area contributed by atoms with Crippen LogP contribution in [-0.4, -0.2) is 65.4 Å². The van der Waals surface area contributed by atoms with E-state index in [-0.39, 0.29) is 28.2 Å². The fourth-order valence-corrected chi connectivity index (χ4v) is 5.22. The van der Waals surface area contributed by atoms with Crippen molar-refractivity contribution in [2.75, 3.05) is 18.7 Å². The molecule has 0 unspecified atom stereocenters. The Morgan fingerprint density at radius 1 is 1.04 bits per heavy atom. The number of amides is 2. The third kappa shape index (κ3) is 7.37. The smallest absolute Gasteiger partial charge is 0.411 e. The Labute approximate surface area is 265 Å². The second kappa shape index (κ2) is 13.4. The number of anilines is 1. The Bertz CT molecular complexity index is 1930. The molecule has 1 atom stereocenters. The molecule has 0 saturated carbocycles. The number of rotatable bonds is 11. The fraction of sp³-hybridized carbons (Fsp3) is 0.323. The second-order valence-electron chi connectivity index (χ2n) is 11.4. The lowest BCUT2D eigenvalue weighted by Crippen LogP contribution is -2.46. The van der Waals surface area contributed by atoms with Crippen molar-refractivity contribution in [3.8, 4) is 11.4 Å². The molecular weight excluding hydrogens is 616 g/mol. The zero-order valence-corrected chi connectivity index (χ0v) is 26.9. The monoisotopic (exact) mass is 650 g/mol. The van der Waals surface area contributed by atoms with Crippen molar-refractivity contribution in [3.05, 3.63) is 88.5 Å². The third-order valence-electron chi connectivity index (χ3n) is 7.22. The molecule has 242 valence electrons. The average Bonchev–Trinajstić information content (AvgIpc) is 3.53. The van der Waals surface area contributed by atoms with Crippen LogP contribution >= 0.6 is 0 Å². The SMILES string of the molecule is COC(=O)Nc1cnc(-c2ccccc2)n(CC(=O)N[C@@H](C(=O)c2nnc(C(C)(C)c3cccc(S(C)(=O)=O)c3)o2)C(C)C)c1=O. The number of nitrogens with one attached hydrogen (secondary N) is 2. The van der Waals surface area contributed by atoms with Crippen LogP contribution < -0.4 is 16.2 Å². The highest BCUT2D eigenvalue weighted by atomic mass is 32.2. The highest BCUT2D eigenvalue weighted by Crippen LogP contribution is 2.32. The van der Waals surface area contributed by atoms with E-state index in [1.54, 1.807) is 70.2 Å². The van der Waals surface area contributed by atoms with Gasteiger partial charge in [-0.05, 0) is 37.5 Å². The summed E-state index contributed by atoms with van der Waals surface area (Å²) in [5.41, 5.74) is -0.779. The predicted molar refractivity (Wildman–Crippen MR) is 167 cm³/mol. The summed E-state index contributed by atoms with van der Waals surface area (Å²) in [5, 5.41) is 12.9. The third-order valence-corrected chi connectivity index (χ3v) is 8.33. The van der Waals surface area contributed by atoms with Crippen molar-refractivity contribution in [2.45, 2.75) is 50.6 Å². The van der Waals surface area contributed by atoms with Crippen LogP contribution in [0.25, 0.3) is 11.4 Å². The van der Waals surface area contributed by atoms with Gasteiger partial charge in [-0.15, -0.1) is 10.2 Å². The van der Waals surface area contributed by atoms with E-state index in [1.165, 1.54) is 18.3 Å². The van der Waals surface area contributed by atoms with Gasteiger partial charge < -0.3 is 14.5 Å². The molecule has 2 amide bonds. The van der Waals surface area contributed by atoms with Crippen molar-refractivity contribution in [1.29, 1.82) is 0 Å². The number of hydrogen-bond acceptors (Lipinski definition) is 11. The van der Waals surface area contributed by atoms with Crippen molar-refractivity contribution >= 4 is 33.3 Å². The summed E-state index contributed by atoms with van der Waals surface area (Å²) in [4.78, 5) is 56.5. The molecule has 0 radical (unpaired) electrons. The second-order valence-corrected chi connectivity index (χ2v) is 13.4. The number of sulfone groups is 1. The van der Waals surface area contributed by atoms with Crippen molar-refractivity contribution in [2.24, 2.45) is 5.92 Å². The van der Waals surface area contributed by atoms with Gasteiger partial charge in [0.15, 0.2) is 9.84 Å². The Balaban J connectivity index is 1.60. The first kappa shape index (κ1) is 33.7.